The number of β-amino-alcohol motifs (C(OH)–C–C–N with tert-alkyl or cyclic N) is 1. The van der Waals surface area contributed by atoms with Crippen molar-refractivity contribution in [1.29, 1.82) is 0 Å². The first-order valence-corrected chi connectivity index (χ1v) is 4.72. The Morgan fingerprint density at radius 2 is 2.50 bits per heavy atom. The van der Waals surface area contributed by atoms with Gasteiger partial charge >= 0.3 is 0 Å². The lowest BCUT2D eigenvalue weighted by atomic mass is 10.3. The van der Waals surface area contributed by atoms with E-state index < -0.39 is 0 Å². The van der Waals surface area contributed by atoms with Gasteiger partial charge in [0.1, 0.15) is 0 Å². The summed E-state index contributed by atoms with van der Waals surface area (Å²) in [7, 11) is 1.60. The summed E-state index contributed by atoms with van der Waals surface area (Å²) in [6, 6.07) is 3.82. The highest BCUT2D eigenvalue weighted by atomic mass is 16.5. The fourth-order valence-electron chi connectivity index (χ4n) is 1.68. The molecule has 0 aliphatic carbocycles. The van der Waals surface area contributed by atoms with Crippen molar-refractivity contribution in [3.05, 3.63) is 18.3 Å². The van der Waals surface area contributed by atoms with E-state index in [2.05, 4.69) is 9.88 Å². The Morgan fingerprint density at radius 3 is 3.14 bits per heavy atom. The highest BCUT2D eigenvalue weighted by Crippen LogP contribution is 2.22. The highest BCUT2D eigenvalue weighted by Gasteiger charge is 2.20. The van der Waals surface area contributed by atoms with E-state index in [0.717, 1.165) is 18.7 Å². The van der Waals surface area contributed by atoms with Crippen LogP contribution < -0.4 is 9.64 Å². The second kappa shape index (κ2) is 3.84. The summed E-state index contributed by atoms with van der Waals surface area (Å²) < 4.78 is 5.04. The number of rotatable bonds is 2. The van der Waals surface area contributed by atoms with Gasteiger partial charge in [0.2, 0.25) is 5.88 Å². The van der Waals surface area contributed by atoms with Crippen LogP contribution in [0.3, 0.4) is 0 Å². The average Bonchev–Trinajstić information content (AvgIpc) is 2.65. The zero-order chi connectivity index (χ0) is 9.97. The van der Waals surface area contributed by atoms with E-state index in [0.29, 0.717) is 12.4 Å². The summed E-state index contributed by atoms with van der Waals surface area (Å²) in [6.07, 6.45) is 2.36. The molecule has 4 nitrogen and oxygen atoms in total. The first-order valence-electron chi connectivity index (χ1n) is 4.72. The molecule has 0 spiro atoms. The fourth-order valence-corrected chi connectivity index (χ4v) is 1.68. The molecule has 0 unspecified atom stereocenters. The van der Waals surface area contributed by atoms with E-state index in [1.54, 1.807) is 13.3 Å². The Balaban J connectivity index is 2.15. The Kier molecular flexibility index (Phi) is 2.54. The van der Waals surface area contributed by atoms with Crippen molar-refractivity contribution in [3.8, 4) is 5.88 Å². The molecule has 1 aliphatic heterocycles. The molecule has 2 heterocycles. The number of hydrogen-bond acceptors (Lipinski definition) is 4. The first kappa shape index (κ1) is 9.27. The van der Waals surface area contributed by atoms with Crippen LogP contribution in [-0.4, -0.2) is 36.4 Å². The van der Waals surface area contributed by atoms with Gasteiger partial charge in [0.25, 0.3) is 0 Å². The van der Waals surface area contributed by atoms with Crippen LogP contribution in [0.5, 0.6) is 5.88 Å². The number of nitrogens with zero attached hydrogens (tertiary/aromatic N) is 2. The van der Waals surface area contributed by atoms with Gasteiger partial charge in [-0.1, -0.05) is 0 Å². The molecule has 1 aromatic rings. The Hall–Kier alpha value is -1.29. The number of aliphatic hydroxyl groups is 1. The maximum Gasteiger partial charge on any atom is 0.214 e. The van der Waals surface area contributed by atoms with E-state index in [9.17, 15) is 5.11 Å². The number of methoxy groups -OCH3 is 1. The first-order chi connectivity index (χ1) is 6.79. The number of aromatic nitrogens is 1. The zero-order valence-corrected chi connectivity index (χ0v) is 8.18. The second-order valence-corrected chi connectivity index (χ2v) is 3.44. The van der Waals surface area contributed by atoms with Crippen LogP contribution in [0.4, 0.5) is 5.69 Å². The van der Waals surface area contributed by atoms with Gasteiger partial charge in [-0.15, -0.1) is 0 Å². The molecule has 0 saturated carbocycles. The quantitative estimate of drug-likeness (QED) is 0.751. The standard InChI is InChI=1S/C10H14N2O2/c1-14-10-6-8(2-4-11-10)12-5-3-9(13)7-12/h2,4,6,9,13H,3,5,7H2,1H3/t9-/m1/s1. The Labute approximate surface area is 83.1 Å². The molecule has 14 heavy (non-hydrogen) atoms. The van der Waals surface area contributed by atoms with Gasteiger partial charge in [-0.2, -0.15) is 0 Å². The van der Waals surface area contributed by atoms with Gasteiger partial charge in [0, 0.05) is 31.0 Å². The predicted molar refractivity (Wildman–Crippen MR) is 53.6 cm³/mol. The summed E-state index contributed by atoms with van der Waals surface area (Å²) in [5.74, 6) is 0.615. The summed E-state index contributed by atoms with van der Waals surface area (Å²) in [5, 5.41) is 9.40. The average molecular weight is 194 g/mol. The van der Waals surface area contributed by atoms with Crippen molar-refractivity contribution >= 4 is 5.69 Å². The van der Waals surface area contributed by atoms with E-state index in [1.807, 2.05) is 12.1 Å². The lowest BCUT2D eigenvalue weighted by Gasteiger charge is -2.17. The Bertz CT molecular complexity index is 317. The minimum atomic E-state index is -0.200. The van der Waals surface area contributed by atoms with Crippen LogP contribution in [0.2, 0.25) is 0 Å². The molecule has 1 saturated heterocycles. The fraction of sp³-hybridized carbons (Fsp3) is 0.500. The summed E-state index contributed by atoms with van der Waals surface area (Å²) in [6.45, 7) is 1.60. The van der Waals surface area contributed by atoms with E-state index in [-0.39, 0.29) is 6.10 Å². The highest BCUT2D eigenvalue weighted by molar-refractivity contribution is 5.49. The van der Waals surface area contributed by atoms with Crippen LogP contribution >= 0.6 is 0 Å². The van der Waals surface area contributed by atoms with Gasteiger partial charge in [-0.3, -0.25) is 0 Å². The largest absolute Gasteiger partial charge is 0.481 e. The van der Waals surface area contributed by atoms with Crippen LogP contribution in [-0.2, 0) is 0 Å². The second-order valence-electron chi connectivity index (χ2n) is 3.44. The van der Waals surface area contributed by atoms with Crippen LogP contribution in [0.25, 0.3) is 0 Å². The van der Waals surface area contributed by atoms with Gasteiger partial charge in [0.05, 0.1) is 13.2 Å². The number of anilines is 1. The third kappa shape index (κ3) is 1.80. The zero-order valence-electron chi connectivity index (χ0n) is 8.18. The molecule has 0 aromatic carbocycles. The molecule has 1 fully saturated rings. The van der Waals surface area contributed by atoms with Crippen LogP contribution in [0, 0.1) is 0 Å². The van der Waals surface area contributed by atoms with Crippen molar-refractivity contribution in [3.63, 3.8) is 0 Å². The third-order valence-electron chi connectivity index (χ3n) is 2.46. The molecule has 0 amide bonds. The maximum atomic E-state index is 9.40. The van der Waals surface area contributed by atoms with Crippen LogP contribution in [0.15, 0.2) is 18.3 Å². The lowest BCUT2D eigenvalue weighted by molar-refractivity contribution is 0.198. The molecule has 76 valence electrons. The van der Waals surface area contributed by atoms with Crippen molar-refractivity contribution < 1.29 is 9.84 Å². The molecule has 1 N–H and O–H groups in total. The van der Waals surface area contributed by atoms with Gasteiger partial charge in [0.15, 0.2) is 0 Å². The summed E-state index contributed by atoms with van der Waals surface area (Å²) in [5.41, 5.74) is 1.06. The molecule has 1 aromatic heterocycles. The number of ether oxygens (including phenoxy) is 1. The van der Waals surface area contributed by atoms with Crippen molar-refractivity contribution in [2.24, 2.45) is 0 Å². The van der Waals surface area contributed by atoms with Crippen molar-refractivity contribution in [2.45, 2.75) is 12.5 Å². The monoisotopic (exact) mass is 194 g/mol. The molecular formula is C10H14N2O2. The summed E-state index contributed by atoms with van der Waals surface area (Å²) in [4.78, 5) is 6.17. The predicted octanol–water partition coefficient (Wildman–Crippen LogP) is 0.661. The van der Waals surface area contributed by atoms with Crippen LogP contribution in [0.1, 0.15) is 6.42 Å². The molecule has 1 atom stereocenters. The molecule has 2 rings (SSSR count). The van der Waals surface area contributed by atoms with E-state index in [1.165, 1.54) is 0 Å². The smallest absolute Gasteiger partial charge is 0.214 e. The minimum absolute atomic E-state index is 0.200. The van der Waals surface area contributed by atoms with Gasteiger partial charge < -0.3 is 14.7 Å². The number of pyridine rings is 1. The molecule has 0 bridgehead atoms. The third-order valence-corrected chi connectivity index (χ3v) is 2.46. The minimum Gasteiger partial charge on any atom is -0.481 e. The SMILES string of the molecule is COc1cc(N2CC[C@@H](O)C2)ccn1. The van der Waals surface area contributed by atoms with Gasteiger partial charge in [-0.25, -0.2) is 4.98 Å². The Morgan fingerprint density at radius 1 is 1.64 bits per heavy atom. The topological polar surface area (TPSA) is 45.6 Å². The molecular weight excluding hydrogens is 180 g/mol. The normalized spacial score (nSPS) is 21.3. The molecule has 0 radical (unpaired) electrons. The molecule has 1 aliphatic rings. The van der Waals surface area contributed by atoms with Gasteiger partial charge in [-0.05, 0) is 12.5 Å². The van der Waals surface area contributed by atoms with Crippen molar-refractivity contribution in [2.75, 3.05) is 25.1 Å². The summed E-state index contributed by atoms with van der Waals surface area (Å²) >= 11 is 0. The number of hydrogen-bond donors (Lipinski definition) is 1. The van der Waals surface area contributed by atoms with E-state index in [4.69, 9.17) is 4.74 Å². The van der Waals surface area contributed by atoms with Crippen molar-refractivity contribution in [1.82, 2.24) is 4.98 Å². The van der Waals surface area contributed by atoms with E-state index >= 15 is 0 Å². The molecule has 4 heteroatoms. The number of aliphatic hydroxyl groups excluding tert-OH is 1. The lowest BCUT2D eigenvalue weighted by Crippen LogP contribution is -2.21. The maximum absolute atomic E-state index is 9.40.